The first-order chi connectivity index (χ1) is 18.0. The van der Waals surface area contributed by atoms with Gasteiger partial charge in [-0.15, -0.1) is 0 Å². The molecule has 0 heterocycles. The summed E-state index contributed by atoms with van der Waals surface area (Å²) in [5, 5.41) is 2.95. The van der Waals surface area contributed by atoms with Gasteiger partial charge in [-0.25, -0.2) is 8.42 Å². The number of rotatable bonds is 14. The summed E-state index contributed by atoms with van der Waals surface area (Å²) in [5.74, 6) is 0.520. The van der Waals surface area contributed by atoms with Crippen LogP contribution in [-0.2, 0) is 26.2 Å². The first kappa shape index (κ1) is 30.8. The van der Waals surface area contributed by atoms with Crippen LogP contribution in [0, 0.1) is 0 Å². The summed E-state index contributed by atoms with van der Waals surface area (Å²) in [5.41, 5.74) is 0.974. The number of sulfonamides is 1. The largest absolute Gasteiger partial charge is 0.497 e. The second-order valence-corrected chi connectivity index (χ2v) is 10.8. The zero-order valence-corrected chi connectivity index (χ0v) is 24.0. The van der Waals surface area contributed by atoms with E-state index in [1.165, 1.54) is 31.3 Å². The van der Waals surface area contributed by atoms with Crippen LogP contribution in [0.5, 0.6) is 17.2 Å². The number of hydrogen-bond donors (Lipinski definition) is 1. The molecule has 2 aromatic rings. The molecular weight excluding hydrogens is 510 g/mol. The van der Waals surface area contributed by atoms with Crippen molar-refractivity contribution in [1.29, 1.82) is 0 Å². The zero-order valence-electron chi connectivity index (χ0n) is 23.2. The summed E-state index contributed by atoms with van der Waals surface area (Å²) in [6.07, 6.45) is 2.09. The van der Waals surface area contributed by atoms with Gasteiger partial charge in [0.2, 0.25) is 21.8 Å². The minimum Gasteiger partial charge on any atom is -0.497 e. The summed E-state index contributed by atoms with van der Waals surface area (Å²) < 4.78 is 42.5. The highest BCUT2D eigenvalue weighted by Gasteiger charge is 2.32. The Kier molecular flexibility index (Phi) is 11.2. The lowest BCUT2D eigenvalue weighted by Gasteiger charge is -2.33. The van der Waals surface area contributed by atoms with Crippen molar-refractivity contribution in [3.63, 3.8) is 0 Å². The first-order valence-corrected chi connectivity index (χ1v) is 14.3. The van der Waals surface area contributed by atoms with E-state index in [0.29, 0.717) is 23.7 Å². The lowest BCUT2D eigenvalue weighted by atomic mass is 10.1. The van der Waals surface area contributed by atoms with E-state index in [9.17, 15) is 18.0 Å². The van der Waals surface area contributed by atoms with E-state index in [1.54, 1.807) is 31.4 Å². The van der Waals surface area contributed by atoms with E-state index < -0.39 is 28.5 Å². The molecule has 0 aliphatic carbocycles. The molecule has 10 nitrogen and oxygen atoms in total. The Bertz CT molecular complexity index is 1200. The van der Waals surface area contributed by atoms with Crippen molar-refractivity contribution in [3.8, 4) is 17.2 Å². The topological polar surface area (TPSA) is 114 Å². The molecule has 2 aromatic carbocycles. The van der Waals surface area contributed by atoms with Gasteiger partial charge in [-0.05, 0) is 49.6 Å². The summed E-state index contributed by atoms with van der Waals surface area (Å²) in [7, 11) is 0.577. The van der Waals surface area contributed by atoms with E-state index in [4.69, 9.17) is 14.2 Å². The fourth-order valence-corrected chi connectivity index (χ4v) is 4.76. The van der Waals surface area contributed by atoms with Crippen molar-refractivity contribution in [2.45, 2.75) is 52.2 Å². The molecule has 1 N–H and O–H groups in total. The van der Waals surface area contributed by atoms with Crippen molar-refractivity contribution in [1.82, 2.24) is 10.2 Å². The van der Waals surface area contributed by atoms with Gasteiger partial charge >= 0.3 is 0 Å². The average Bonchev–Trinajstić information content (AvgIpc) is 2.90. The van der Waals surface area contributed by atoms with Crippen LogP contribution in [-0.4, -0.2) is 71.3 Å². The molecule has 0 fully saturated rings. The van der Waals surface area contributed by atoms with Crippen LogP contribution in [0.2, 0.25) is 0 Å². The van der Waals surface area contributed by atoms with Crippen LogP contribution in [0.3, 0.4) is 0 Å². The molecule has 0 spiro atoms. The molecule has 11 heteroatoms. The minimum atomic E-state index is -3.88. The molecule has 0 unspecified atom stereocenters. The van der Waals surface area contributed by atoms with Gasteiger partial charge in [-0.2, -0.15) is 0 Å². The monoisotopic (exact) mass is 549 g/mol. The highest BCUT2D eigenvalue weighted by molar-refractivity contribution is 7.92. The molecule has 0 radical (unpaired) electrons. The molecule has 210 valence electrons. The molecule has 0 aliphatic rings. The maximum absolute atomic E-state index is 13.8. The Balaban J connectivity index is 2.50. The van der Waals surface area contributed by atoms with E-state index in [2.05, 4.69) is 5.32 Å². The molecule has 2 rings (SSSR count). The number of ether oxygens (including phenoxy) is 3. The van der Waals surface area contributed by atoms with Gasteiger partial charge in [-0.1, -0.05) is 26.0 Å². The van der Waals surface area contributed by atoms with Crippen molar-refractivity contribution >= 4 is 27.5 Å². The Morgan fingerprint density at radius 3 is 2.18 bits per heavy atom. The molecule has 2 amide bonds. The summed E-state index contributed by atoms with van der Waals surface area (Å²) in [4.78, 5) is 28.5. The van der Waals surface area contributed by atoms with Crippen LogP contribution in [0.15, 0.2) is 42.5 Å². The Hall–Kier alpha value is -3.47. The molecule has 0 aromatic heterocycles. The van der Waals surface area contributed by atoms with Crippen molar-refractivity contribution in [2.24, 2.45) is 0 Å². The fraction of sp³-hybridized carbons (Fsp3) is 0.481. The molecule has 0 aliphatic heterocycles. The third-order valence-electron chi connectivity index (χ3n) is 6.21. The number of benzene rings is 2. The van der Waals surface area contributed by atoms with Gasteiger partial charge in [-0.3, -0.25) is 13.9 Å². The van der Waals surface area contributed by atoms with Crippen LogP contribution < -0.4 is 23.8 Å². The van der Waals surface area contributed by atoms with Crippen molar-refractivity contribution in [2.75, 3.05) is 38.4 Å². The summed E-state index contributed by atoms with van der Waals surface area (Å²) >= 11 is 0. The minimum absolute atomic E-state index is 0.0791. The Labute approximate surface area is 225 Å². The first-order valence-electron chi connectivity index (χ1n) is 12.4. The Morgan fingerprint density at radius 2 is 1.63 bits per heavy atom. The van der Waals surface area contributed by atoms with Crippen LogP contribution >= 0.6 is 0 Å². The lowest BCUT2D eigenvalue weighted by Crippen LogP contribution is -2.53. The predicted molar refractivity (Wildman–Crippen MR) is 147 cm³/mol. The highest BCUT2D eigenvalue weighted by Crippen LogP contribution is 2.32. The molecule has 0 saturated carbocycles. The molecule has 0 saturated heterocycles. The van der Waals surface area contributed by atoms with Crippen molar-refractivity contribution < 1.29 is 32.2 Å². The van der Waals surface area contributed by atoms with Crippen molar-refractivity contribution in [3.05, 3.63) is 48.0 Å². The fourth-order valence-electron chi connectivity index (χ4n) is 3.92. The number of anilines is 1. The van der Waals surface area contributed by atoms with Gasteiger partial charge in [0, 0.05) is 18.7 Å². The lowest BCUT2D eigenvalue weighted by molar-refractivity contribution is -0.140. The van der Waals surface area contributed by atoms with Gasteiger partial charge in [0.05, 0.1) is 33.3 Å². The number of carbonyl (C=O) groups is 2. The zero-order chi connectivity index (χ0) is 28.5. The summed E-state index contributed by atoms with van der Waals surface area (Å²) in [6.45, 7) is 5.24. The quantitative estimate of drug-likeness (QED) is 0.385. The normalized spacial score (nSPS) is 12.7. The van der Waals surface area contributed by atoms with E-state index in [0.717, 1.165) is 22.5 Å². The maximum Gasteiger partial charge on any atom is 0.244 e. The summed E-state index contributed by atoms with van der Waals surface area (Å²) in [6, 6.07) is 10.9. The van der Waals surface area contributed by atoms with Gasteiger partial charge in [0.25, 0.3) is 0 Å². The number of nitrogens with one attached hydrogen (secondary N) is 1. The second kappa shape index (κ2) is 13.9. The molecule has 2 atom stereocenters. The Morgan fingerprint density at radius 1 is 0.947 bits per heavy atom. The standard InChI is InChI=1S/C27H39N3O7S/c1-8-19(3)28-27(32)23(9-2)29(17-20-11-10-12-22(15-20)35-4)26(31)18-30(38(7,33)34)21-13-14-24(36-5)25(16-21)37-6/h10-16,19,23H,8-9,17-18H2,1-7H3,(H,28,32)/t19-,23+/m1/s1. The second-order valence-electron chi connectivity index (χ2n) is 8.92. The molecule has 0 bridgehead atoms. The SMILES string of the molecule is CC[C@@H](C)NC(=O)[C@H](CC)N(Cc1cccc(OC)c1)C(=O)CN(c1ccc(OC)c(OC)c1)S(C)(=O)=O. The highest BCUT2D eigenvalue weighted by atomic mass is 32.2. The number of methoxy groups -OCH3 is 3. The van der Waals surface area contributed by atoms with Crippen LogP contribution in [0.4, 0.5) is 5.69 Å². The number of carbonyl (C=O) groups excluding carboxylic acids is 2. The molecular formula is C27H39N3O7S. The number of nitrogens with zero attached hydrogens (tertiary/aromatic N) is 2. The number of amides is 2. The third-order valence-corrected chi connectivity index (χ3v) is 7.35. The van der Waals surface area contributed by atoms with Gasteiger partial charge < -0.3 is 24.4 Å². The van der Waals surface area contributed by atoms with E-state index in [-0.39, 0.29) is 24.2 Å². The van der Waals surface area contributed by atoms with Crippen LogP contribution in [0.1, 0.15) is 39.2 Å². The van der Waals surface area contributed by atoms with Gasteiger partial charge in [0.1, 0.15) is 18.3 Å². The van der Waals surface area contributed by atoms with Crippen LogP contribution in [0.25, 0.3) is 0 Å². The predicted octanol–water partition coefficient (Wildman–Crippen LogP) is 3.20. The number of hydrogen-bond acceptors (Lipinski definition) is 7. The smallest absolute Gasteiger partial charge is 0.244 e. The van der Waals surface area contributed by atoms with E-state index in [1.807, 2.05) is 26.8 Å². The third kappa shape index (κ3) is 8.01. The molecule has 38 heavy (non-hydrogen) atoms. The van der Waals surface area contributed by atoms with Gasteiger partial charge in [0.15, 0.2) is 11.5 Å². The maximum atomic E-state index is 13.8. The average molecular weight is 550 g/mol. The van der Waals surface area contributed by atoms with E-state index >= 15 is 0 Å².